The Labute approximate surface area is 159 Å². The summed E-state index contributed by atoms with van der Waals surface area (Å²) in [5, 5.41) is 13.7. The van der Waals surface area contributed by atoms with Crippen molar-refractivity contribution in [3.05, 3.63) is 21.8 Å². The molecule has 0 saturated heterocycles. The van der Waals surface area contributed by atoms with E-state index in [-0.39, 0.29) is 34.6 Å². The number of nitrogens with one attached hydrogen (secondary N) is 1. The Kier molecular flexibility index (Phi) is 6.61. The van der Waals surface area contributed by atoms with Crippen LogP contribution in [-0.4, -0.2) is 50.8 Å². The van der Waals surface area contributed by atoms with E-state index < -0.39 is 17.8 Å². The number of aryl methyl sites for hydroxylation is 1. The number of amides is 1. The van der Waals surface area contributed by atoms with E-state index in [1.807, 2.05) is 0 Å². The summed E-state index contributed by atoms with van der Waals surface area (Å²) in [4.78, 5) is 37.2. The maximum atomic E-state index is 12.4. The van der Waals surface area contributed by atoms with Crippen LogP contribution in [0.3, 0.4) is 0 Å². The van der Waals surface area contributed by atoms with Gasteiger partial charge in [-0.25, -0.2) is 14.3 Å². The molecule has 2 heterocycles. The third kappa shape index (κ3) is 4.88. The molecule has 1 N–H and O–H groups in total. The van der Waals surface area contributed by atoms with Crippen LogP contribution in [0, 0.1) is 6.92 Å². The lowest BCUT2D eigenvalue weighted by molar-refractivity contribution is -0.115. The molecule has 0 spiro atoms. The Morgan fingerprint density at radius 1 is 1.26 bits per heavy atom. The van der Waals surface area contributed by atoms with Gasteiger partial charge in [-0.2, -0.15) is 0 Å². The van der Waals surface area contributed by atoms with Crippen molar-refractivity contribution in [3.8, 4) is 0 Å². The van der Waals surface area contributed by atoms with Gasteiger partial charge in [0.15, 0.2) is 5.82 Å². The molecule has 0 fully saturated rings. The fourth-order valence-electron chi connectivity index (χ4n) is 2.23. The van der Waals surface area contributed by atoms with Gasteiger partial charge in [-0.05, 0) is 43.7 Å². The average molecular weight is 395 g/mol. The number of rotatable bonds is 7. The predicted molar refractivity (Wildman–Crippen MR) is 96.7 cm³/mol. The summed E-state index contributed by atoms with van der Waals surface area (Å²) in [5.74, 6) is -1.25. The molecule has 0 aliphatic rings. The summed E-state index contributed by atoms with van der Waals surface area (Å²) in [6, 6.07) is 0. The second-order valence-corrected chi connectivity index (χ2v) is 6.90. The summed E-state index contributed by atoms with van der Waals surface area (Å²) >= 11 is 0.970. The molecule has 2 rings (SSSR count). The number of tetrazole rings is 1. The molecule has 2 aromatic heterocycles. The van der Waals surface area contributed by atoms with Gasteiger partial charge < -0.3 is 14.8 Å². The molecule has 0 aromatic carbocycles. The fraction of sp³-hybridized carbons (Fsp3) is 0.500. The van der Waals surface area contributed by atoms with Crippen LogP contribution in [0.1, 0.15) is 52.2 Å². The van der Waals surface area contributed by atoms with E-state index >= 15 is 0 Å². The van der Waals surface area contributed by atoms with Crippen molar-refractivity contribution in [1.82, 2.24) is 20.2 Å². The van der Waals surface area contributed by atoms with E-state index in [0.29, 0.717) is 11.4 Å². The van der Waals surface area contributed by atoms with Crippen molar-refractivity contribution in [2.45, 2.75) is 40.2 Å². The van der Waals surface area contributed by atoms with E-state index in [1.165, 1.54) is 4.68 Å². The van der Waals surface area contributed by atoms with E-state index in [9.17, 15) is 14.4 Å². The Hall–Kier alpha value is -2.82. The lowest BCUT2D eigenvalue weighted by Gasteiger charge is -2.07. The lowest BCUT2D eigenvalue weighted by atomic mass is 10.1. The van der Waals surface area contributed by atoms with Gasteiger partial charge in [0.25, 0.3) is 0 Å². The van der Waals surface area contributed by atoms with E-state index in [2.05, 4.69) is 20.8 Å². The Morgan fingerprint density at radius 2 is 1.96 bits per heavy atom. The number of nitrogens with zero attached hydrogens (tertiary/aromatic N) is 4. The molecule has 11 heteroatoms. The van der Waals surface area contributed by atoms with Crippen LogP contribution >= 0.6 is 11.3 Å². The number of aromatic nitrogens is 4. The standard InChI is InChI=1S/C16H21N5O5S/c1-6-25-15(23)12-9(4)13(16(24)26-8(2)3)27-14(12)17-11(22)7-10-18-19-20-21(10)5/h8H,6-7H2,1-5H3,(H,17,22). The maximum absolute atomic E-state index is 12.4. The minimum Gasteiger partial charge on any atom is -0.462 e. The summed E-state index contributed by atoms with van der Waals surface area (Å²) in [6.07, 6.45) is -0.402. The molecule has 0 unspecified atom stereocenters. The molecule has 0 radical (unpaired) electrons. The molecule has 0 bridgehead atoms. The Balaban J connectivity index is 2.32. The summed E-state index contributed by atoms with van der Waals surface area (Å²) in [6.45, 7) is 6.90. The minimum absolute atomic E-state index is 0.0888. The quantitative estimate of drug-likeness (QED) is 0.699. The Bertz CT molecular complexity index is 858. The van der Waals surface area contributed by atoms with Gasteiger partial charge in [0.05, 0.1) is 24.7 Å². The van der Waals surface area contributed by atoms with Crippen LogP contribution in [0.25, 0.3) is 0 Å². The van der Waals surface area contributed by atoms with Crippen LogP contribution < -0.4 is 5.32 Å². The highest BCUT2D eigenvalue weighted by atomic mass is 32.1. The van der Waals surface area contributed by atoms with Crippen molar-refractivity contribution < 1.29 is 23.9 Å². The van der Waals surface area contributed by atoms with E-state index in [4.69, 9.17) is 9.47 Å². The van der Waals surface area contributed by atoms with E-state index in [0.717, 1.165) is 11.3 Å². The molecule has 146 valence electrons. The number of esters is 2. The van der Waals surface area contributed by atoms with Gasteiger partial charge >= 0.3 is 11.9 Å². The third-order valence-corrected chi connectivity index (χ3v) is 4.62. The molecule has 0 aliphatic carbocycles. The van der Waals surface area contributed by atoms with Crippen molar-refractivity contribution in [3.63, 3.8) is 0 Å². The number of hydrogen-bond acceptors (Lipinski definition) is 9. The molecule has 0 atom stereocenters. The highest BCUT2D eigenvalue weighted by Gasteiger charge is 2.28. The molecule has 10 nitrogen and oxygen atoms in total. The van der Waals surface area contributed by atoms with Gasteiger partial charge in [0, 0.05) is 7.05 Å². The second kappa shape index (κ2) is 8.71. The first kappa shape index (κ1) is 20.5. The molecule has 2 aromatic rings. The van der Waals surface area contributed by atoms with Crippen LogP contribution in [0.4, 0.5) is 5.00 Å². The van der Waals surface area contributed by atoms with E-state index in [1.54, 1.807) is 34.7 Å². The Morgan fingerprint density at radius 3 is 2.52 bits per heavy atom. The van der Waals surface area contributed by atoms with Crippen molar-refractivity contribution >= 4 is 34.2 Å². The number of anilines is 1. The number of thiophene rings is 1. The summed E-state index contributed by atoms with van der Waals surface area (Å²) < 4.78 is 11.6. The number of hydrogen-bond donors (Lipinski definition) is 1. The smallest absolute Gasteiger partial charge is 0.348 e. The first-order chi connectivity index (χ1) is 12.7. The molecular formula is C16H21N5O5S. The number of carbonyl (C=O) groups excluding carboxylic acids is 3. The normalized spacial score (nSPS) is 10.7. The zero-order chi connectivity index (χ0) is 20.1. The van der Waals surface area contributed by atoms with Crippen LogP contribution in [0.2, 0.25) is 0 Å². The first-order valence-electron chi connectivity index (χ1n) is 8.27. The second-order valence-electron chi connectivity index (χ2n) is 5.88. The van der Waals surface area contributed by atoms with Gasteiger partial charge in [-0.3, -0.25) is 4.79 Å². The third-order valence-electron chi connectivity index (χ3n) is 3.43. The van der Waals surface area contributed by atoms with Gasteiger partial charge in [-0.15, -0.1) is 16.4 Å². The molecule has 0 saturated carbocycles. The maximum Gasteiger partial charge on any atom is 0.348 e. The average Bonchev–Trinajstić information content (AvgIpc) is 3.10. The summed E-state index contributed by atoms with van der Waals surface area (Å²) in [7, 11) is 1.61. The van der Waals surface area contributed by atoms with Crippen LogP contribution in [0.5, 0.6) is 0 Å². The van der Waals surface area contributed by atoms with Gasteiger partial charge in [-0.1, -0.05) is 0 Å². The van der Waals surface area contributed by atoms with Crippen molar-refractivity contribution in [2.75, 3.05) is 11.9 Å². The minimum atomic E-state index is -0.620. The van der Waals surface area contributed by atoms with Crippen molar-refractivity contribution in [2.24, 2.45) is 7.05 Å². The highest BCUT2D eigenvalue weighted by Crippen LogP contribution is 2.34. The zero-order valence-corrected chi connectivity index (χ0v) is 16.5. The number of ether oxygens (including phenoxy) is 2. The molecule has 0 aliphatic heterocycles. The molecule has 1 amide bonds. The molecular weight excluding hydrogens is 374 g/mol. The number of carbonyl (C=O) groups is 3. The zero-order valence-electron chi connectivity index (χ0n) is 15.7. The lowest BCUT2D eigenvalue weighted by Crippen LogP contribution is -2.18. The van der Waals surface area contributed by atoms with Crippen LogP contribution in [-0.2, 0) is 27.7 Å². The first-order valence-corrected chi connectivity index (χ1v) is 9.08. The summed E-state index contributed by atoms with van der Waals surface area (Å²) in [5.41, 5.74) is 0.543. The van der Waals surface area contributed by atoms with Gasteiger partial charge in [0.2, 0.25) is 5.91 Å². The predicted octanol–water partition coefficient (Wildman–Crippen LogP) is 1.50. The monoisotopic (exact) mass is 395 g/mol. The highest BCUT2D eigenvalue weighted by molar-refractivity contribution is 7.18. The SMILES string of the molecule is CCOC(=O)c1c(NC(=O)Cc2nnnn2C)sc(C(=O)OC(C)C)c1C. The fourth-order valence-corrected chi connectivity index (χ4v) is 3.32. The van der Waals surface area contributed by atoms with Crippen molar-refractivity contribution in [1.29, 1.82) is 0 Å². The topological polar surface area (TPSA) is 125 Å². The largest absolute Gasteiger partial charge is 0.462 e. The van der Waals surface area contributed by atoms with Crippen LogP contribution in [0.15, 0.2) is 0 Å². The molecule has 27 heavy (non-hydrogen) atoms. The van der Waals surface area contributed by atoms with Gasteiger partial charge in [0.1, 0.15) is 9.88 Å².